The summed E-state index contributed by atoms with van der Waals surface area (Å²) >= 11 is 1.28. The highest BCUT2D eigenvalue weighted by Gasteiger charge is 2.33. The fraction of sp³-hybridized carbons (Fsp3) is 0.579. The third-order valence-corrected chi connectivity index (χ3v) is 5.71. The van der Waals surface area contributed by atoms with Crippen LogP contribution in [0.15, 0.2) is 0 Å². The van der Waals surface area contributed by atoms with Gasteiger partial charge < -0.3 is 19.7 Å². The number of esters is 2. The number of rotatable bonds is 6. The maximum absolute atomic E-state index is 12.6. The second kappa shape index (κ2) is 9.68. The molecule has 0 aliphatic carbocycles. The number of nitrogens with one attached hydrogen (secondary N) is 1. The number of anilines is 1. The lowest BCUT2D eigenvalue weighted by molar-refractivity contribution is -0.157. The Morgan fingerprint density at radius 1 is 1.18 bits per heavy atom. The Morgan fingerprint density at radius 2 is 1.89 bits per heavy atom. The zero-order valence-electron chi connectivity index (χ0n) is 16.6. The zero-order chi connectivity index (χ0) is 20.8. The van der Waals surface area contributed by atoms with Gasteiger partial charge in [0.15, 0.2) is 6.61 Å². The molecule has 154 valence electrons. The molecule has 1 aromatic rings. The summed E-state index contributed by atoms with van der Waals surface area (Å²) in [5.74, 6) is -1.84. The van der Waals surface area contributed by atoms with E-state index in [0.717, 1.165) is 17.7 Å². The SMILES string of the molecule is CCOC(=O)[C@@H]1CCCCN1C(=O)COC(=O)c1c(NC(C)=O)sc(C)c1C. The van der Waals surface area contributed by atoms with Gasteiger partial charge in [-0.15, -0.1) is 11.3 Å². The second-order valence-corrected chi connectivity index (χ2v) is 7.82. The molecule has 1 aliphatic heterocycles. The summed E-state index contributed by atoms with van der Waals surface area (Å²) in [5.41, 5.74) is 0.958. The number of thiophene rings is 1. The summed E-state index contributed by atoms with van der Waals surface area (Å²) in [4.78, 5) is 50.9. The molecule has 1 aliphatic rings. The van der Waals surface area contributed by atoms with Crippen LogP contribution >= 0.6 is 11.3 Å². The number of hydrogen-bond acceptors (Lipinski definition) is 7. The maximum atomic E-state index is 12.6. The summed E-state index contributed by atoms with van der Waals surface area (Å²) < 4.78 is 10.3. The highest BCUT2D eigenvalue weighted by molar-refractivity contribution is 7.16. The third-order valence-electron chi connectivity index (χ3n) is 4.59. The molecule has 2 heterocycles. The number of amides is 2. The minimum atomic E-state index is -0.677. The van der Waals surface area contributed by atoms with Crippen LogP contribution in [0.2, 0.25) is 0 Å². The molecule has 1 atom stereocenters. The molecule has 1 N–H and O–H groups in total. The van der Waals surface area contributed by atoms with E-state index in [9.17, 15) is 19.2 Å². The Labute approximate surface area is 168 Å². The van der Waals surface area contributed by atoms with Crippen LogP contribution in [-0.4, -0.2) is 54.5 Å². The molecular formula is C19H26N2O6S. The molecule has 1 saturated heterocycles. The van der Waals surface area contributed by atoms with Gasteiger partial charge in [0, 0.05) is 18.3 Å². The number of carbonyl (C=O) groups is 4. The van der Waals surface area contributed by atoms with E-state index in [0.29, 0.717) is 23.5 Å². The molecule has 28 heavy (non-hydrogen) atoms. The second-order valence-electron chi connectivity index (χ2n) is 6.60. The highest BCUT2D eigenvalue weighted by Crippen LogP contribution is 2.33. The molecule has 1 fully saturated rings. The number of nitrogens with zero attached hydrogens (tertiary/aromatic N) is 1. The van der Waals surface area contributed by atoms with E-state index < -0.39 is 30.5 Å². The fourth-order valence-electron chi connectivity index (χ4n) is 3.12. The summed E-state index contributed by atoms with van der Waals surface area (Å²) in [5, 5.41) is 3.03. The molecule has 0 radical (unpaired) electrons. The van der Waals surface area contributed by atoms with Crippen LogP contribution in [0, 0.1) is 13.8 Å². The molecule has 0 unspecified atom stereocenters. The molecule has 1 aromatic heterocycles. The monoisotopic (exact) mass is 410 g/mol. The Balaban J connectivity index is 2.06. The standard InChI is InChI=1S/C19H26N2O6S/c1-5-26-18(24)14-8-6-7-9-21(14)15(23)10-27-19(25)16-11(2)12(3)28-17(16)20-13(4)22/h14H,5-10H2,1-4H3,(H,20,22)/t14-/m0/s1. The summed E-state index contributed by atoms with van der Waals surface area (Å²) in [7, 11) is 0. The molecule has 9 heteroatoms. The van der Waals surface area contributed by atoms with Crippen molar-refractivity contribution in [3.05, 3.63) is 16.0 Å². The van der Waals surface area contributed by atoms with Gasteiger partial charge in [0.2, 0.25) is 5.91 Å². The van der Waals surface area contributed by atoms with Crippen molar-refractivity contribution in [2.75, 3.05) is 25.1 Å². The first kappa shape index (κ1) is 21.9. The summed E-state index contributed by atoms with van der Waals surface area (Å²) in [6.45, 7) is 6.87. The van der Waals surface area contributed by atoms with Gasteiger partial charge >= 0.3 is 11.9 Å². The average molecular weight is 410 g/mol. The van der Waals surface area contributed by atoms with Gasteiger partial charge in [-0.1, -0.05) is 0 Å². The van der Waals surface area contributed by atoms with E-state index in [1.54, 1.807) is 13.8 Å². The number of likely N-dealkylation sites (tertiary alicyclic amines) is 1. The van der Waals surface area contributed by atoms with Gasteiger partial charge in [0.05, 0.1) is 12.2 Å². The van der Waals surface area contributed by atoms with Gasteiger partial charge in [-0.3, -0.25) is 9.59 Å². The first-order chi connectivity index (χ1) is 13.3. The Hall–Kier alpha value is -2.42. The molecule has 0 saturated carbocycles. The van der Waals surface area contributed by atoms with Gasteiger partial charge in [0.25, 0.3) is 5.91 Å². The predicted molar refractivity (Wildman–Crippen MR) is 104 cm³/mol. The molecule has 0 aromatic carbocycles. The van der Waals surface area contributed by atoms with Crippen LogP contribution in [0.3, 0.4) is 0 Å². The molecule has 2 rings (SSSR count). The van der Waals surface area contributed by atoms with E-state index >= 15 is 0 Å². The van der Waals surface area contributed by atoms with Crippen molar-refractivity contribution in [2.45, 2.75) is 53.0 Å². The van der Waals surface area contributed by atoms with E-state index in [4.69, 9.17) is 9.47 Å². The van der Waals surface area contributed by atoms with Crippen molar-refractivity contribution in [1.82, 2.24) is 4.90 Å². The number of aryl methyl sites for hydroxylation is 1. The van der Waals surface area contributed by atoms with Crippen LogP contribution in [0.4, 0.5) is 5.00 Å². The van der Waals surface area contributed by atoms with Crippen molar-refractivity contribution in [2.24, 2.45) is 0 Å². The highest BCUT2D eigenvalue weighted by atomic mass is 32.1. The van der Waals surface area contributed by atoms with Crippen LogP contribution in [0.25, 0.3) is 0 Å². The van der Waals surface area contributed by atoms with Crippen molar-refractivity contribution >= 4 is 40.1 Å². The molecular weight excluding hydrogens is 384 g/mol. The zero-order valence-corrected chi connectivity index (χ0v) is 17.4. The summed E-state index contributed by atoms with van der Waals surface area (Å²) in [6, 6.07) is -0.639. The summed E-state index contributed by atoms with van der Waals surface area (Å²) in [6.07, 6.45) is 2.15. The van der Waals surface area contributed by atoms with Gasteiger partial charge in [-0.2, -0.15) is 0 Å². The molecule has 8 nitrogen and oxygen atoms in total. The first-order valence-corrected chi connectivity index (χ1v) is 10.1. The van der Waals surface area contributed by atoms with Crippen LogP contribution < -0.4 is 5.32 Å². The van der Waals surface area contributed by atoms with Crippen LogP contribution in [0.5, 0.6) is 0 Å². The quantitative estimate of drug-likeness (QED) is 0.723. The van der Waals surface area contributed by atoms with Gasteiger partial charge in [0.1, 0.15) is 11.0 Å². The lowest BCUT2D eigenvalue weighted by Gasteiger charge is -2.33. The van der Waals surface area contributed by atoms with E-state index in [1.165, 1.54) is 23.2 Å². The Kier molecular flexibility index (Phi) is 7.56. The van der Waals surface area contributed by atoms with Crippen molar-refractivity contribution in [1.29, 1.82) is 0 Å². The number of hydrogen-bond donors (Lipinski definition) is 1. The van der Waals surface area contributed by atoms with E-state index in [-0.39, 0.29) is 18.1 Å². The topological polar surface area (TPSA) is 102 Å². The van der Waals surface area contributed by atoms with Crippen molar-refractivity contribution < 1.29 is 28.7 Å². The lowest BCUT2D eigenvalue weighted by Crippen LogP contribution is -2.50. The fourth-order valence-corrected chi connectivity index (χ4v) is 4.21. The van der Waals surface area contributed by atoms with Gasteiger partial charge in [-0.25, -0.2) is 9.59 Å². The third kappa shape index (κ3) is 5.09. The van der Waals surface area contributed by atoms with Crippen LogP contribution in [-0.2, 0) is 23.9 Å². The minimum Gasteiger partial charge on any atom is -0.464 e. The molecule has 0 spiro atoms. The normalized spacial score (nSPS) is 16.4. The Bertz CT molecular complexity index is 773. The average Bonchev–Trinajstić information content (AvgIpc) is 2.92. The van der Waals surface area contributed by atoms with E-state index in [1.807, 2.05) is 6.92 Å². The maximum Gasteiger partial charge on any atom is 0.341 e. The smallest absolute Gasteiger partial charge is 0.341 e. The van der Waals surface area contributed by atoms with Crippen LogP contribution in [0.1, 0.15) is 53.9 Å². The van der Waals surface area contributed by atoms with E-state index in [2.05, 4.69) is 5.32 Å². The van der Waals surface area contributed by atoms with Crippen molar-refractivity contribution in [3.8, 4) is 0 Å². The molecule has 0 bridgehead atoms. The lowest BCUT2D eigenvalue weighted by atomic mass is 10.0. The number of ether oxygens (including phenoxy) is 2. The molecule has 2 amide bonds. The number of piperidine rings is 1. The number of carbonyl (C=O) groups excluding carboxylic acids is 4. The van der Waals surface area contributed by atoms with Crippen molar-refractivity contribution in [3.63, 3.8) is 0 Å². The minimum absolute atomic E-state index is 0.245. The predicted octanol–water partition coefficient (Wildman–Crippen LogP) is 2.42. The largest absolute Gasteiger partial charge is 0.464 e. The Morgan fingerprint density at radius 3 is 2.54 bits per heavy atom. The first-order valence-electron chi connectivity index (χ1n) is 9.27. The van der Waals surface area contributed by atoms with Gasteiger partial charge in [-0.05, 0) is 45.6 Å².